The lowest BCUT2D eigenvalue weighted by Gasteiger charge is -2.08. The molecule has 0 radical (unpaired) electrons. The van der Waals surface area contributed by atoms with Crippen molar-refractivity contribution in [2.24, 2.45) is 7.05 Å². The van der Waals surface area contributed by atoms with Crippen molar-refractivity contribution in [1.82, 2.24) is 4.57 Å². The van der Waals surface area contributed by atoms with E-state index in [4.69, 9.17) is 0 Å². The summed E-state index contributed by atoms with van der Waals surface area (Å²) in [7, 11) is 1.57. The summed E-state index contributed by atoms with van der Waals surface area (Å²) < 4.78 is 38.0. The van der Waals surface area contributed by atoms with Crippen LogP contribution in [-0.4, -0.2) is 28.7 Å². The van der Waals surface area contributed by atoms with Crippen LogP contribution >= 0.6 is 0 Å². The average Bonchev–Trinajstić information content (AvgIpc) is 2.74. The number of Topliss-reactive ketones (excluding diaryl/α,β-unsaturated/α-hetero) is 1. The van der Waals surface area contributed by atoms with Gasteiger partial charge >= 0.3 is 12.1 Å². The quantitative estimate of drug-likeness (QED) is 0.536. The summed E-state index contributed by atoms with van der Waals surface area (Å²) in [5.41, 5.74) is 0.507. The van der Waals surface area contributed by atoms with Crippen molar-refractivity contribution in [3.63, 3.8) is 0 Å². The first-order chi connectivity index (χ1) is 9.74. The summed E-state index contributed by atoms with van der Waals surface area (Å²) in [6.45, 7) is 0. The van der Waals surface area contributed by atoms with Gasteiger partial charge in [-0.2, -0.15) is 13.2 Å². The van der Waals surface area contributed by atoms with Gasteiger partial charge in [-0.05, 0) is 12.1 Å². The highest BCUT2D eigenvalue weighted by molar-refractivity contribution is 6.36. The van der Waals surface area contributed by atoms with Gasteiger partial charge < -0.3 is 9.88 Å². The number of anilines is 1. The molecule has 110 valence electrons. The molecule has 0 bridgehead atoms. The van der Waals surface area contributed by atoms with E-state index in [-0.39, 0.29) is 17.5 Å². The number of nitrogens with one attached hydrogen (secondary N) is 1. The maximum absolute atomic E-state index is 12.2. The smallest absolute Gasteiger partial charge is 0.350 e. The van der Waals surface area contributed by atoms with Gasteiger partial charge in [-0.15, -0.1) is 0 Å². The first-order valence-electron chi connectivity index (χ1n) is 5.71. The van der Waals surface area contributed by atoms with Crippen LogP contribution in [0.15, 0.2) is 24.4 Å². The van der Waals surface area contributed by atoms with Crippen molar-refractivity contribution in [1.29, 1.82) is 0 Å². The van der Waals surface area contributed by atoms with Crippen LogP contribution in [0.25, 0.3) is 10.9 Å². The van der Waals surface area contributed by atoms with Gasteiger partial charge in [0.15, 0.2) is 6.29 Å². The SMILES string of the molecule is Cn1cc(C(=O)C=O)c2ccc(NC(=O)C(F)(F)F)cc21. The predicted octanol–water partition coefficient (Wildman–Crippen LogP) is 2.06. The van der Waals surface area contributed by atoms with Gasteiger partial charge in [0.1, 0.15) is 0 Å². The molecule has 0 unspecified atom stereocenters. The summed E-state index contributed by atoms with van der Waals surface area (Å²) in [6.07, 6.45) is -3.42. The lowest BCUT2D eigenvalue weighted by atomic mass is 10.1. The Morgan fingerprint density at radius 1 is 1.29 bits per heavy atom. The van der Waals surface area contributed by atoms with Crippen molar-refractivity contribution < 1.29 is 27.6 Å². The fraction of sp³-hybridized carbons (Fsp3) is 0.154. The molecule has 0 saturated heterocycles. The minimum atomic E-state index is -4.98. The van der Waals surface area contributed by atoms with E-state index >= 15 is 0 Å². The number of carbonyl (C=O) groups excluding carboxylic acids is 3. The van der Waals surface area contributed by atoms with E-state index in [2.05, 4.69) is 0 Å². The Morgan fingerprint density at radius 3 is 2.52 bits per heavy atom. The van der Waals surface area contributed by atoms with E-state index in [9.17, 15) is 27.6 Å². The van der Waals surface area contributed by atoms with Crippen molar-refractivity contribution >= 4 is 34.6 Å². The fourth-order valence-corrected chi connectivity index (χ4v) is 1.92. The van der Waals surface area contributed by atoms with Crippen LogP contribution in [-0.2, 0) is 16.6 Å². The van der Waals surface area contributed by atoms with E-state index in [0.717, 1.165) is 0 Å². The van der Waals surface area contributed by atoms with Crippen LogP contribution in [0.4, 0.5) is 18.9 Å². The second-order valence-electron chi connectivity index (χ2n) is 4.32. The van der Waals surface area contributed by atoms with Crippen LogP contribution in [0.2, 0.25) is 0 Å². The van der Waals surface area contributed by atoms with Gasteiger partial charge in [0.2, 0.25) is 5.78 Å². The molecule has 0 fully saturated rings. The van der Waals surface area contributed by atoms with Crippen molar-refractivity contribution in [3.8, 4) is 0 Å². The third-order valence-electron chi connectivity index (χ3n) is 2.88. The third-order valence-corrected chi connectivity index (χ3v) is 2.88. The molecule has 1 N–H and O–H groups in total. The van der Waals surface area contributed by atoms with Gasteiger partial charge in [0.25, 0.3) is 0 Å². The Balaban J connectivity index is 2.44. The lowest BCUT2D eigenvalue weighted by molar-refractivity contribution is -0.167. The molecule has 8 heteroatoms. The molecule has 0 aliphatic heterocycles. The maximum Gasteiger partial charge on any atom is 0.471 e. The second-order valence-corrected chi connectivity index (χ2v) is 4.32. The zero-order valence-corrected chi connectivity index (χ0v) is 10.7. The van der Waals surface area contributed by atoms with Crippen molar-refractivity contribution in [3.05, 3.63) is 30.0 Å². The minimum Gasteiger partial charge on any atom is -0.350 e. The van der Waals surface area contributed by atoms with Gasteiger partial charge in [0, 0.05) is 24.3 Å². The van der Waals surface area contributed by atoms with E-state index < -0.39 is 17.9 Å². The van der Waals surface area contributed by atoms with E-state index in [0.29, 0.717) is 10.9 Å². The maximum atomic E-state index is 12.2. The van der Waals surface area contributed by atoms with Gasteiger partial charge in [-0.3, -0.25) is 14.4 Å². The van der Waals surface area contributed by atoms with Crippen molar-refractivity contribution in [2.45, 2.75) is 6.18 Å². The molecule has 1 aromatic heterocycles. The highest BCUT2D eigenvalue weighted by atomic mass is 19.4. The normalized spacial score (nSPS) is 11.4. The number of aryl methyl sites for hydroxylation is 1. The number of rotatable bonds is 3. The summed E-state index contributed by atoms with van der Waals surface area (Å²) in [5.74, 6) is -2.81. The largest absolute Gasteiger partial charge is 0.471 e. The minimum absolute atomic E-state index is 0.0591. The second kappa shape index (κ2) is 5.04. The van der Waals surface area contributed by atoms with E-state index in [1.165, 1.54) is 29.0 Å². The zero-order valence-electron chi connectivity index (χ0n) is 10.7. The highest BCUT2D eigenvalue weighted by Crippen LogP contribution is 2.25. The lowest BCUT2D eigenvalue weighted by Crippen LogP contribution is -2.29. The first-order valence-corrected chi connectivity index (χ1v) is 5.71. The number of benzene rings is 1. The molecule has 0 saturated carbocycles. The Labute approximate surface area is 116 Å². The van der Waals surface area contributed by atoms with E-state index in [1.54, 1.807) is 12.4 Å². The van der Waals surface area contributed by atoms with E-state index in [1.807, 2.05) is 0 Å². The van der Waals surface area contributed by atoms with Crippen LogP contribution in [0, 0.1) is 0 Å². The number of aromatic nitrogens is 1. The number of carbonyl (C=O) groups is 3. The zero-order chi connectivity index (χ0) is 15.8. The van der Waals surface area contributed by atoms with Gasteiger partial charge in [-0.1, -0.05) is 6.07 Å². The number of hydrogen-bond acceptors (Lipinski definition) is 3. The molecular weight excluding hydrogens is 289 g/mol. The molecule has 2 aromatic rings. The highest BCUT2D eigenvalue weighted by Gasteiger charge is 2.38. The number of fused-ring (bicyclic) bond motifs is 1. The summed E-state index contributed by atoms with van der Waals surface area (Å²) in [4.78, 5) is 32.8. The molecule has 0 atom stereocenters. The number of hydrogen-bond donors (Lipinski definition) is 1. The number of nitrogens with zero attached hydrogens (tertiary/aromatic N) is 1. The Bertz CT molecular complexity index is 747. The monoisotopic (exact) mass is 298 g/mol. The molecule has 0 aliphatic carbocycles. The van der Waals surface area contributed by atoms with Gasteiger partial charge in [-0.25, -0.2) is 0 Å². The number of aldehydes is 1. The Hall–Kier alpha value is -2.64. The third kappa shape index (κ3) is 2.78. The molecule has 1 aromatic carbocycles. The molecule has 0 spiro atoms. The molecule has 21 heavy (non-hydrogen) atoms. The molecule has 0 aliphatic rings. The fourth-order valence-electron chi connectivity index (χ4n) is 1.92. The molecular formula is C13H9F3N2O3. The van der Waals surface area contributed by atoms with Crippen LogP contribution in [0.3, 0.4) is 0 Å². The molecule has 5 nitrogen and oxygen atoms in total. The first kappa shape index (κ1) is 14.8. The number of amides is 1. The summed E-state index contributed by atoms with van der Waals surface area (Å²) in [6, 6.07) is 3.90. The molecule has 1 heterocycles. The van der Waals surface area contributed by atoms with Crippen LogP contribution in [0.5, 0.6) is 0 Å². The average molecular weight is 298 g/mol. The number of alkyl halides is 3. The number of ketones is 1. The number of halogens is 3. The molecule has 1 amide bonds. The topological polar surface area (TPSA) is 68.2 Å². The summed E-state index contributed by atoms with van der Waals surface area (Å²) in [5, 5.41) is 2.14. The molecule has 2 rings (SSSR count). The van der Waals surface area contributed by atoms with Crippen LogP contribution < -0.4 is 5.32 Å². The van der Waals surface area contributed by atoms with Crippen molar-refractivity contribution in [2.75, 3.05) is 5.32 Å². The predicted molar refractivity (Wildman–Crippen MR) is 68.0 cm³/mol. The Kier molecular flexibility index (Phi) is 3.54. The summed E-state index contributed by atoms with van der Waals surface area (Å²) >= 11 is 0. The Morgan fingerprint density at radius 2 is 1.95 bits per heavy atom. The standard InChI is InChI=1S/C13H9F3N2O3/c1-18-5-9(11(20)6-19)8-3-2-7(4-10(8)18)17-12(21)13(14,15)16/h2-6H,1H3,(H,17,21). The van der Waals surface area contributed by atoms with Crippen LogP contribution in [0.1, 0.15) is 10.4 Å². The van der Waals surface area contributed by atoms with Gasteiger partial charge in [0.05, 0.1) is 11.1 Å².